The van der Waals surface area contributed by atoms with Gasteiger partial charge in [-0.2, -0.15) is 0 Å². The highest BCUT2D eigenvalue weighted by atomic mass is 32.2. The Labute approximate surface area is 148 Å². The zero-order valence-electron chi connectivity index (χ0n) is 14.2. The standard InChI is InChI=1S/C19H22N2O3S/c1-21(17-10-12-25(23,24)14-17)19(22)18(15-7-3-2-4-8-15)13-16-9-5-6-11-20-16/h2-9,11,17-18H,10,12-14H2,1H3. The molecule has 3 rings (SSSR count). The van der Waals surface area contributed by atoms with Gasteiger partial charge in [-0.3, -0.25) is 9.78 Å². The maximum atomic E-state index is 13.1. The number of amides is 1. The van der Waals surface area contributed by atoms with Crippen molar-refractivity contribution in [2.24, 2.45) is 0 Å². The molecule has 2 atom stereocenters. The van der Waals surface area contributed by atoms with Gasteiger partial charge >= 0.3 is 0 Å². The molecule has 1 saturated heterocycles. The van der Waals surface area contributed by atoms with Gasteiger partial charge in [-0.05, 0) is 24.1 Å². The number of carbonyl (C=O) groups is 1. The topological polar surface area (TPSA) is 67.3 Å². The van der Waals surface area contributed by atoms with Gasteiger partial charge in [0.1, 0.15) is 0 Å². The van der Waals surface area contributed by atoms with Crippen LogP contribution in [0.2, 0.25) is 0 Å². The molecular formula is C19H22N2O3S. The van der Waals surface area contributed by atoms with Gasteiger partial charge in [0, 0.05) is 31.4 Å². The average molecular weight is 358 g/mol. The van der Waals surface area contributed by atoms with Gasteiger partial charge in [-0.25, -0.2) is 8.42 Å². The molecule has 0 spiro atoms. The lowest BCUT2D eigenvalue weighted by Crippen LogP contribution is -2.41. The van der Waals surface area contributed by atoms with Crippen molar-refractivity contribution in [2.75, 3.05) is 18.6 Å². The van der Waals surface area contributed by atoms with E-state index in [1.807, 2.05) is 48.5 Å². The van der Waals surface area contributed by atoms with Gasteiger partial charge in [0.25, 0.3) is 0 Å². The Bertz CT molecular complexity index is 822. The van der Waals surface area contributed by atoms with Crippen molar-refractivity contribution in [3.05, 3.63) is 66.0 Å². The summed E-state index contributed by atoms with van der Waals surface area (Å²) < 4.78 is 23.5. The van der Waals surface area contributed by atoms with Crippen LogP contribution in [-0.4, -0.2) is 48.8 Å². The maximum absolute atomic E-state index is 13.1. The van der Waals surface area contributed by atoms with E-state index in [0.717, 1.165) is 11.3 Å². The molecule has 2 aromatic rings. The molecule has 2 heterocycles. The molecule has 1 aliphatic heterocycles. The largest absolute Gasteiger partial charge is 0.341 e. The number of benzene rings is 1. The van der Waals surface area contributed by atoms with Gasteiger partial charge < -0.3 is 4.90 Å². The molecule has 1 aliphatic rings. The van der Waals surface area contributed by atoms with Crippen LogP contribution in [0.15, 0.2) is 54.7 Å². The van der Waals surface area contributed by atoms with Crippen LogP contribution >= 0.6 is 0 Å². The minimum Gasteiger partial charge on any atom is -0.341 e. The van der Waals surface area contributed by atoms with Crippen LogP contribution in [-0.2, 0) is 21.1 Å². The first-order valence-corrected chi connectivity index (χ1v) is 10.2. The third-order valence-corrected chi connectivity index (χ3v) is 6.49. The predicted octanol–water partition coefficient (Wildman–Crippen LogP) is 2.05. The van der Waals surface area contributed by atoms with Gasteiger partial charge in [-0.1, -0.05) is 36.4 Å². The minimum absolute atomic E-state index is 0.0559. The SMILES string of the molecule is CN(C(=O)C(Cc1ccccn1)c1ccccc1)C1CCS(=O)(=O)C1. The highest BCUT2D eigenvalue weighted by molar-refractivity contribution is 7.91. The number of aromatic nitrogens is 1. The first-order valence-electron chi connectivity index (χ1n) is 8.38. The number of sulfone groups is 1. The van der Waals surface area contributed by atoms with E-state index in [-0.39, 0.29) is 29.4 Å². The molecule has 1 fully saturated rings. The van der Waals surface area contributed by atoms with Crippen LogP contribution in [0.3, 0.4) is 0 Å². The van der Waals surface area contributed by atoms with Crippen molar-refractivity contribution in [3.8, 4) is 0 Å². The fraction of sp³-hybridized carbons (Fsp3) is 0.368. The molecule has 1 aromatic carbocycles. The first kappa shape index (κ1) is 17.6. The number of hydrogen-bond acceptors (Lipinski definition) is 4. The molecule has 0 bridgehead atoms. The second-order valence-electron chi connectivity index (χ2n) is 6.49. The molecule has 1 amide bonds. The third-order valence-electron chi connectivity index (χ3n) is 4.74. The molecule has 0 N–H and O–H groups in total. The molecule has 1 aromatic heterocycles. The first-order chi connectivity index (χ1) is 12.0. The molecule has 25 heavy (non-hydrogen) atoms. The lowest BCUT2D eigenvalue weighted by Gasteiger charge is -2.28. The molecule has 0 saturated carbocycles. The summed E-state index contributed by atoms with van der Waals surface area (Å²) >= 11 is 0. The fourth-order valence-electron chi connectivity index (χ4n) is 3.27. The van der Waals surface area contributed by atoms with Gasteiger partial charge in [0.2, 0.25) is 5.91 Å². The molecule has 6 heteroatoms. The summed E-state index contributed by atoms with van der Waals surface area (Å²) in [6.45, 7) is 0. The summed E-state index contributed by atoms with van der Waals surface area (Å²) in [6, 6.07) is 15.0. The highest BCUT2D eigenvalue weighted by Gasteiger charge is 2.35. The molecule has 132 valence electrons. The summed E-state index contributed by atoms with van der Waals surface area (Å²) in [4.78, 5) is 19.1. The van der Waals surface area contributed by atoms with Crippen molar-refractivity contribution < 1.29 is 13.2 Å². The van der Waals surface area contributed by atoms with Gasteiger partial charge in [0.05, 0.1) is 17.4 Å². The van der Waals surface area contributed by atoms with E-state index in [1.165, 1.54) is 0 Å². The molecule has 5 nitrogen and oxygen atoms in total. The van der Waals surface area contributed by atoms with E-state index in [9.17, 15) is 13.2 Å². The van der Waals surface area contributed by atoms with Gasteiger partial charge in [-0.15, -0.1) is 0 Å². The van der Waals surface area contributed by atoms with E-state index in [4.69, 9.17) is 0 Å². The highest BCUT2D eigenvalue weighted by Crippen LogP contribution is 2.25. The van der Waals surface area contributed by atoms with Crippen LogP contribution < -0.4 is 0 Å². The van der Waals surface area contributed by atoms with E-state index >= 15 is 0 Å². The van der Waals surface area contributed by atoms with Crippen LogP contribution in [0.4, 0.5) is 0 Å². The third kappa shape index (κ3) is 4.25. The predicted molar refractivity (Wildman–Crippen MR) is 97.0 cm³/mol. The summed E-state index contributed by atoms with van der Waals surface area (Å²) in [5.74, 6) is -0.213. The van der Waals surface area contributed by atoms with E-state index in [0.29, 0.717) is 12.8 Å². The summed E-state index contributed by atoms with van der Waals surface area (Å²) in [7, 11) is -1.32. The van der Waals surface area contributed by atoms with Crippen LogP contribution in [0, 0.1) is 0 Å². The number of likely N-dealkylation sites (N-methyl/N-ethyl adjacent to an activating group) is 1. The zero-order valence-corrected chi connectivity index (χ0v) is 15.0. The van der Waals surface area contributed by atoms with E-state index in [1.54, 1.807) is 18.1 Å². The molecule has 0 radical (unpaired) electrons. The monoisotopic (exact) mass is 358 g/mol. The molecular weight excluding hydrogens is 336 g/mol. The summed E-state index contributed by atoms with van der Waals surface area (Å²) in [6.07, 6.45) is 2.72. The summed E-state index contributed by atoms with van der Waals surface area (Å²) in [5, 5.41) is 0. The zero-order chi connectivity index (χ0) is 17.9. The molecule has 2 unspecified atom stereocenters. The second-order valence-corrected chi connectivity index (χ2v) is 8.72. The van der Waals surface area contributed by atoms with Crippen LogP contribution in [0.25, 0.3) is 0 Å². The fourth-order valence-corrected chi connectivity index (χ4v) is 5.04. The normalized spacial score (nSPS) is 20.1. The summed E-state index contributed by atoms with van der Waals surface area (Å²) in [5.41, 5.74) is 1.77. The van der Waals surface area contributed by atoms with Crippen molar-refractivity contribution in [1.29, 1.82) is 0 Å². The number of rotatable bonds is 5. The maximum Gasteiger partial charge on any atom is 0.230 e. The van der Waals surface area contributed by atoms with Gasteiger partial charge in [0.15, 0.2) is 9.84 Å². The minimum atomic E-state index is -3.03. The lowest BCUT2D eigenvalue weighted by molar-refractivity contribution is -0.133. The van der Waals surface area contributed by atoms with Crippen LogP contribution in [0.1, 0.15) is 23.6 Å². The number of pyridine rings is 1. The lowest BCUT2D eigenvalue weighted by atomic mass is 9.92. The Morgan fingerprint density at radius 1 is 1.20 bits per heavy atom. The van der Waals surface area contributed by atoms with E-state index < -0.39 is 9.84 Å². The Kier molecular flexibility index (Phi) is 5.18. The number of nitrogens with zero attached hydrogens (tertiary/aromatic N) is 2. The number of hydrogen-bond donors (Lipinski definition) is 0. The van der Waals surface area contributed by atoms with Crippen molar-refractivity contribution in [3.63, 3.8) is 0 Å². The van der Waals surface area contributed by atoms with Crippen molar-refractivity contribution in [1.82, 2.24) is 9.88 Å². The van der Waals surface area contributed by atoms with Crippen LogP contribution in [0.5, 0.6) is 0 Å². The second kappa shape index (κ2) is 7.35. The average Bonchev–Trinajstić information content (AvgIpc) is 3.00. The Morgan fingerprint density at radius 3 is 2.52 bits per heavy atom. The Hall–Kier alpha value is -2.21. The van der Waals surface area contributed by atoms with E-state index in [2.05, 4.69) is 4.98 Å². The van der Waals surface area contributed by atoms with Crippen molar-refractivity contribution >= 4 is 15.7 Å². The smallest absolute Gasteiger partial charge is 0.230 e. The van der Waals surface area contributed by atoms with Crippen molar-refractivity contribution in [2.45, 2.75) is 24.8 Å². The quantitative estimate of drug-likeness (QED) is 0.820. The Morgan fingerprint density at radius 2 is 1.92 bits per heavy atom. The molecule has 0 aliphatic carbocycles. The Balaban J connectivity index is 1.84. The number of carbonyl (C=O) groups excluding carboxylic acids is 1.